The molecule has 1 N–H and O–H groups in total. The molecule has 0 fully saturated rings. The summed E-state index contributed by atoms with van der Waals surface area (Å²) in [6.45, 7) is 2.06. The van der Waals surface area contributed by atoms with E-state index >= 15 is 0 Å². The molecule has 100 valence electrons. The molecule has 0 saturated carbocycles. The largest absolute Gasteiger partial charge is 0.312 e. The summed E-state index contributed by atoms with van der Waals surface area (Å²) >= 11 is 8.15. The van der Waals surface area contributed by atoms with Crippen molar-refractivity contribution in [2.45, 2.75) is 31.7 Å². The van der Waals surface area contributed by atoms with Crippen molar-refractivity contribution in [2.75, 3.05) is 7.05 Å². The van der Waals surface area contributed by atoms with Gasteiger partial charge in [-0.05, 0) is 61.0 Å². The van der Waals surface area contributed by atoms with Crippen molar-refractivity contribution < 1.29 is 0 Å². The summed E-state index contributed by atoms with van der Waals surface area (Å²) in [7, 11) is 2.05. The quantitative estimate of drug-likeness (QED) is 0.830. The third-order valence-corrected chi connectivity index (χ3v) is 5.56. The number of rotatable bonds is 2. The number of nitrogens with one attached hydrogen (secondary N) is 1. The van der Waals surface area contributed by atoms with Crippen molar-refractivity contribution in [3.05, 3.63) is 56.2 Å². The molecule has 0 saturated heterocycles. The maximum absolute atomic E-state index is 6.28. The molecule has 0 bridgehead atoms. The third kappa shape index (κ3) is 2.33. The highest BCUT2D eigenvalue weighted by Crippen LogP contribution is 2.44. The van der Waals surface area contributed by atoms with Crippen LogP contribution in [0.15, 0.2) is 29.6 Å². The molecule has 3 rings (SSSR count). The molecule has 1 heterocycles. The van der Waals surface area contributed by atoms with E-state index in [-0.39, 0.29) is 0 Å². The highest BCUT2D eigenvalue weighted by molar-refractivity contribution is 7.10. The van der Waals surface area contributed by atoms with Gasteiger partial charge < -0.3 is 5.32 Å². The zero-order valence-corrected chi connectivity index (χ0v) is 12.8. The first-order valence-corrected chi connectivity index (χ1v) is 7.97. The monoisotopic (exact) mass is 291 g/mol. The summed E-state index contributed by atoms with van der Waals surface area (Å²) in [6, 6.07) is 9.30. The third-order valence-electron chi connectivity index (χ3n) is 4.11. The Morgan fingerprint density at radius 1 is 1.26 bits per heavy atom. The van der Waals surface area contributed by atoms with Crippen molar-refractivity contribution in [2.24, 2.45) is 0 Å². The van der Waals surface area contributed by atoms with E-state index < -0.39 is 0 Å². The molecule has 1 aromatic heterocycles. The van der Waals surface area contributed by atoms with Gasteiger partial charge in [0.1, 0.15) is 0 Å². The lowest BCUT2D eigenvalue weighted by Gasteiger charge is -2.29. The molecule has 19 heavy (non-hydrogen) atoms. The topological polar surface area (TPSA) is 12.0 Å². The molecule has 1 aromatic carbocycles. The van der Waals surface area contributed by atoms with Gasteiger partial charge in [-0.1, -0.05) is 23.7 Å². The Labute approximate surface area is 123 Å². The van der Waals surface area contributed by atoms with Gasteiger partial charge in [0.25, 0.3) is 0 Å². The van der Waals surface area contributed by atoms with Crippen LogP contribution in [-0.4, -0.2) is 7.05 Å². The maximum atomic E-state index is 6.28. The summed E-state index contributed by atoms with van der Waals surface area (Å²) < 4.78 is 0. The van der Waals surface area contributed by atoms with Crippen LogP contribution in [0.25, 0.3) is 0 Å². The SMILES string of the molecule is CNC1CCC(c2ccc(C)c(Cl)c2)c2ccsc21. The number of aryl methyl sites for hydroxylation is 1. The fourth-order valence-electron chi connectivity index (χ4n) is 2.97. The standard InChI is InChI=1S/C16H18ClNS/c1-10-3-4-11(9-14(10)17)12-5-6-15(18-2)16-13(12)7-8-19-16/h3-4,7-9,12,15,18H,5-6H2,1-2H3. The Hall–Kier alpha value is -0.830. The molecule has 0 amide bonds. The van der Waals surface area contributed by atoms with Crippen LogP contribution in [-0.2, 0) is 0 Å². The van der Waals surface area contributed by atoms with Crippen molar-refractivity contribution >= 4 is 22.9 Å². The first-order valence-electron chi connectivity index (χ1n) is 6.71. The zero-order chi connectivity index (χ0) is 13.4. The van der Waals surface area contributed by atoms with Gasteiger partial charge >= 0.3 is 0 Å². The number of halogens is 1. The normalized spacial score (nSPS) is 22.3. The summed E-state index contributed by atoms with van der Waals surface area (Å²) in [6.07, 6.45) is 2.38. The van der Waals surface area contributed by atoms with E-state index in [9.17, 15) is 0 Å². The first-order chi connectivity index (χ1) is 9.20. The van der Waals surface area contributed by atoms with Crippen LogP contribution < -0.4 is 5.32 Å². The van der Waals surface area contributed by atoms with E-state index in [1.54, 1.807) is 0 Å². The number of fused-ring (bicyclic) bond motifs is 1. The van der Waals surface area contributed by atoms with Crippen LogP contribution in [0.3, 0.4) is 0 Å². The van der Waals surface area contributed by atoms with Gasteiger partial charge in [-0.25, -0.2) is 0 Å². The Bertz CT molecular complexity index is 590. The predicted molar refractivity (Wildman–Crippen MR) is 83.4 cm³/mol. The van der Waals surface area contributed by atoms with E-state index in [1.807, 2.05) is 11.3 Å². The van der Waals surface area contributed by atoms with Gasteiger partial charge in [0, 0.05) is 21.9 Å². The molecule has 2 unspecified atom stereocenters. The highest BCUT2D eigenvalue weighted by Gasteiger charge is 2.28. The maximum Gasteiger partial charge on any atom is 0.0438 e. The lowest BCUT2D eigenvalue weighted by atomic mass is 9.80. The second-order valence-electron chi connectivity index (χ2n) is 5.22. The predicted octanol–water partition coefficient (Wildman–Crippen LogP) is 4.90. The van der Waals surface area contributed by atoms with Crippen LogP contribution in [0, 0.1) is 6.92 Å². The molecule has 1 aliphatic rings. The minimum absolute atomic E-state index is 0.504. The molecule has 2 atom stereocenters. The van der Waals surface area contributed by atoms with E-state index in [2.05, 4.69) is 48.9 Å². The van der Waals surface area contributed by atoms with Crippen LogP contribution in [0.4, 0.5) is 0 Å². The van der Waals surface area contributed by atoms with Crippen molar-refractivity contribution in [1.82, 2.24) is 5.32 Å². The molecule has 0 spiro atoms. The zero-order valence-electron chi connectivity index (χ0n) is 11.2. The van der Waals surface area contributed by atoms with Gasteiger partial charge in [-0.3, -0.25) is 0 Å². The fraction of sp³-hybridized carbons (Fsp3) is 0.375. The summed E-state index contributed by atoms with van der Waals surface area (Å²) in [5.41, 5.74) is 3.99. The van der Waals surface area contributed by atoms with Gasteiger partial charge in [0.05, 0.1) is 0 Å². The molecule has 2 aromatic rings. The van der Waals surface area contributed by atoms with E-state index in [1.165, 1.54) is 28.8 Å². The minimum atomic E-state index is 0.504. The summed E-state index contributed by atoms with van der Waals surface area (Å²) in [4.78, 5) is 1.50. The van der Waals surface area contributed by atoms with Gasteiger partial charge in [0.15, 0.2) is 0 Å². The number of hydrogen-bond acceptors (Lipinski definition) is 2. The second kappa shape index (κ2) is 5.28. The van der Waals surface area contributed by atoms with Crippen molar-refractivity contribution in [1.29, 1.82) is 0 Å². The lowest BCUT2D eigenvalue weighted by Crippen LogP contribution is -2.22. The van der Waals surface area contributed by atoms with E-state index in [0.29, 0.717) is 12.0 Å². The first kappa shape index (κ1) is 13.2. The smallest absolute Gasteiger partial charge is 0.0438 e. The summed E-state index contributed by atoms with van der Waals surface area (Å²) in [5, 5.41) is 6.51. The van der Waals surface area contributed by atoms with Crippen LogP contribution >= 0.6 is 22.9 Å². The molecule has 0 aliphatic heterocycles. The highest BCUT2D eigenvalue weighted by atomic mass is 35.5. The number of thiophene rings is 1. The van der Waals surface area contributed by atoms with Crippen LogP contribution in [0.1, 0.15) is 46.4 Å². The Morgan fingerprint density at radius 2 is 2.11 bits per heavy atom. The van der Waals surface area contributed by atoms with Gasteiger partial charge in [-0.15, -0.1) is 11.3 Å². The average molecular weight is 292 g/mol. The van der Waals surface area contributed by atoms with Crippen LogP contribution in [0.2, 0.25) is 5.02 Å². The Morgan fingerprint density at radius 3 is 2.84 bits per heavy atom. The molecule has 0 radical (unpaired) electrons. The van der Waals surface area contributed by atoms with E-state index in [4.69, 9.17) is 11.6 Å². The molecular formula is C16H18ClNS. The van der Waals surface area contributed by atoms with Crippen LogP contribution in [0.5, 0.6) is 0 Å². The second-order valence-corrected chi connectivity index (χ2v) is 6.57. The molecule has 1 aliphatic carbocycles. The van der Waals surface area contributed by atoms with E-state index in [0.717, 1.165) is 10.6 Å². The molecule has 3 heteroatoms. The number of hydrogen-bond donors (Lipinski definition) is 1. The lowest BCUT2D eigenvalue weighted by molar-refractivity contribution is 0.480. The van der Waals surface area contributed by atoms with Crippen molar-refractivity contribution in [3.63, 3.8) is 0 Å². The minimum Gasteiger partial charge on any atom is -0.312 e. The molecule has 1 nitrogen and oxygen atoms in total. The van der Waals surface area contributed by atoms with Crippen molar-refractivity contribution in [3.8, 4) is 0 Å². The average Bonchev–Trinajstić information content (AvgIpc) is 2.90. The fourth-order valence-corrected chi connectivity index (χ4v) is 4.27. The summed E-state index contributed by atoms with van der Waals surface area (Å²) in [5.74, 6) is 0.504. The molecular weight excluding hydrogens is 274 g/mol. The van der Waals surface area contributed by atoms with Gasteiger partial charge in [0.2, 0.25) is 0 Å². The van der Waals surface area contributed by atoms with Gasteiger partial charge in [-0.2, -0.15) is 0 Å². The Kier molecular flexibility index (Phi) is 3.66. The number of benzene rings is 1. The Balaban J connectivity index is 2.01.